The van der Waals surface area contributed by atoms with Crippen molar-refractivity contribution in [1.82, 2.24) is 19.9 Å². The van der Waals surface area contributed by atoms with Gasteiger partial charge in [0.2, 0.25) is 11.8 Å². The summed E-state index contributed by atoms with van der Waals surface area (Å²) in [6.45, 7) is 8.65. The maximum atomic E-state index is 12.2. The Kier molecular flexibility index (Phi) is 5.32. The standard InChI is InChI=1S/C18H28N4O4/c1-12(2)16-19-14(20-26-16)10-21-8-6-18(7-9-21)5-4-15(23)22(11-18)13(3)17(24)25/h12-13H,4-11H2,1-3H3,(H,24,25)/t13-/m0/s1. The van der Waals surface area contributed by atoms with Crippen molar-refractivity contribution in [3.05, 3.63) is 11.7 Å². The minimum Gasteiger partial charge on any atom is -0.480 e. The van der Waals surface area contributed by atoms with Crippen LogP contribution in [0.4, 0.5) is 0 Å². The lowest BCUT2D eigenvalue weighted by Crippen LogP contribution is -2.55. The van der Waals surface area contributed by atoms with Gasteiger partial charge in [-0.2, -0.15) is 4.98 Å². The maximum absolute atomic E-state index is 12.2. The Morgan fingerprint density at radius 2 is 1.96 bits per heavy atom. The van der Waals surface area contributed by atoms with E-state index < -0.39 is 12.0 Å². The summed E-state index contributed by atoms with van der Waals surface area (Å²) in [4.78, 5) is 31.7. The Bertz CT molecular complexity index is 664. The lowest BCUT2D eigenvalue weighted by Gasteiger charge is -2.48. The predicted octanol–water partition coefficient (Wildman–Crippen LogP) is 1.87. The molecule has 0 bridgehead atoms. The van der Waals surface area contributed by atoms with Gasteiger partial charge in [0.25, 0.3) is 0 Å². The largest absolute Gasteiger partial charge is 0.480 e. The number of carbonyl (C=O) groups is 2. The fourth-order valence-corrected chi connectivity index (χ4v) is 3.89. The number of likely N-dealkylation sites (tertiary alicyclic amines) is 2. The molecule has 0 aliphatic carbocycles. The number of hydrogen-bond acceptors (Lipinski definition) is 6. The van der Waals surface area contributed by atoms with E-state index in [2.05, 4.69) is 15.0 Å². The topological polar surface area (TPSA) is 99.8 Å². The lowest BCUT2D eigenvalue weighted by molar-refractivity contribution is -0.155. The van der Waals surface area contributed by atoms with E-state index in [0.29, 0.717) is 31.2 Å². The first kappa shape index (κ1) is 18.8. The molecule has 2 aliphatic rings. The second-order valence-corrected chi connectivity index (χ2v) is 8.02. The van der Waals surface area contributed by atoms with Gasteiger partial charge >= 0.3 is 5.97 Å². The van der Waals surface area contributed by atoms with Crippen molar-refractivity contribution in [2.45, 2.75) is 65.0 Å². The number of carboxylic acids is 1. The number of nitrogens with zero attached hydrogens (tertiary/aromatic N) is 4. The first-order valence-corrected chi connectivity index (χ1v) is 9.37. The molecule has 8 heteroatoms. The van der Waals surface area contributed by atoms with Gasteiger partial charge in [0, 0.05) is 18.9 Å². The fourth-order valence-electron chi connectivity index (χ4n) is 3.89. The average Bonchev–Trinajstić information content (AvgIpc) is 3.07. The summed E-state index contributed by atoms with van der Waals surface area (Å²) >= 11 is 0. The van der Waals surface area contributed by atoms with E-state index >= 15 is 0 Å². The van der Waals surface area contributed by atoms with E-state index in [4.69, 9.17) is 4.52 Å². The molecule has 1 amide bonds. The second kappa shape index (κ2) is 7.34. The van der Waals surface area contributed by atoms with Crippen molar-refractivity contribution < 1.29 is 19.2 Å². The summed E-state index contributed by atoms with van der Waals surface area (Å²) in [5.41, 5.74) is 0.0362. The van der Waals surface area contributed by atoms with Crippen LogP contribution >= 0.6 is 0 Å². The number of aromatic nitrogens is 2. The van der Waals surface area contributed by atoms with E-state index in [-0.39, 0.29) is 17.2 Å². The molecule has 1 aromatic rings. The third-order valence-electron chi connectivity index (χ3n) is 5.78. The molecule has 0 unspecified atom stereocenters. The van der Waals surface area contributed by atoms with Crippen molar-refractivity contribution in [2.24, 2.45) is 5.41 Å². The minimum absolute atomic E-state index is 0.0362. The van der Waals surface area contributed by atoms with E-state index in [0.717, 1.165) is 32.4 Å². The molecule has 0 saturated carbocycles. The highest BCUT2D eigenvalue weighted by Crippen LogP contribution is 2.41. The van der Waals surface area contributed by atoms with E-state index in [1.54, 1.807) is 11.8 Å². The summed E-state index contributed by atoms with van der Waals surface area (Å²) in [5, 5.41) is 13.3. The summed E-state index contributed by atoms with van der Waals surface area (Å²) in [5.74, 6) is 0.622. The van der Waals surface area contributed by atoms with Crippen LogP contribution in [-0.4, -0.2) is 62.6 Å². The molecular formula is C18H28N4O4. The van der Waals surface area contributed by atoms with Crippen LogP contribution in [0.3, 0.4) is 0 Å². The van der Waals surface area contributed by atoms with Crippen LogP contribution in [0.2, 0.25) is 0 Å². The smallest absolute Gasteiger partial charge is 0.326 e. The van der Waals surface area contributed by atoms with Crippen LogP contribution in [0.5, 0.6) is 0 Å². The van der Waals surface area contributed by atoms with Gasteiger partial charge in [0.1, 0.15) is 6.04 Å². The van der Waals surface area contributed by atoms with Crippen LogP contribution in [0.1, 0.15) is 64.1 Å². The molecule has 144 valence electrons. The molecule has 26 heavy (non-hydrogen) atoms. The normalized spacial score (nSPS) is 22.2. The predicted molar refractivity (Wildman–Crippen MR) is 93.4 cm³/mol. The maximum Gasteiger partial charge on any atom is 0.326 e. The van der Waals surface area contributed by atoms with Gasteiger partial charge in [-0.15, -0.1) is 0 Å². The Labute approximate surface area is 153 Å². The van der Waals surface area contributed by atoms with Crippen molar-refractivity contribution in [2.75, 3.05) is 19.6 Å². The van der Waals surface area contributed by atoms with Gasteiger partial charge in [-0.3, -0.25) is 9.69 Å². The highest BCUT2D eigenvalue weighted by atomic mass is 16.5. The van der Waals surface area contributed by atoms with Crippen LogP contribution < -0.4 is 0 Å². The zero-order valence-corrected chi connectivity index (χ0v) is 15.8. The SMILES string of the molecule is CC(C)c1nc(CN2CCC3(CCC(=O)N([C@@H](C)C(=O)O)C3)CC2)no1. The Morgan fingerprint density at radius 1 is 1.27 bits per heavy atom. The molecular weight excluding hydrogens is 336 g/mol. The Morgan fingerprint density at radius 3 is 2.54 bits per heavy atom. The summed E-state index contributed by atoms with van der Waals surface area (Å²) < 4.78 is 5.26. The third kappa shape index (κ3) is 3.90. The number of carboxylic acid groups (broad SMARTS) is 1. The van der Waals surface area contributed by atoms with Gasteiger partial charge in [-0.05, 0) is 44.7 Å². The molecule has 1 N–H and O–H groups in total. The van der Waals surface area contributed by atoms with Gasteiger partial charge in [-0.25, -0.2) is 4.79 Å². The lowest BCUT2D eigenvalue weighted by atomic mass is 9.72. The molecule has 1 atom stereocenters. The van der Waals surface area contributed by atoms with Gasteiger partial charge < -0.3 is 14.5 Å². The number of hydrogen-bond donors (Lipinski definition) is 1. The molecule has 0 aromatic carbocycles. The number of carbonyl (C=O) groups excluding carboxylic acids is 1. The molecule has 2 fully saturated rings. The molecule has 8 nitrogen and oxygen atoms in total. The highest BCUT2D eigenvalue weighted by molar-refractivity contribution is 5.84. The van der Waals surface area contributed by atoms with E-state index in [1.807, 2.05) is 13.8 Å². The van der Waals surface area contributed by atoms with Crippen molar-refractivity contribution in [3.8, 4) is 0 Å². The number of aliphatic carboxylic acids is 1. The molecule has 1 aromatic heterocycles. The zero-order chi connectivity index (χ0) is 18.9. The van der Waals surface area contributed by atoms with Crippen molar-refractivity contribution >= 4 is 11.9 Å². The molecule has 3 heterocycles. The summed E-state index contributed by atoms with van der Waals surface area (Å²) in [6.07, 6.45) is 3.21. The number of piperidine rings is 2. The van der Waals surface area contributed by atoms with Crippen LogP contribution in [0.25, 0.3) is 0 Å². The van der Waals surface area contributed by atoms with Gasteiger partial charge in [-0.1, -0.05) is 19.0 Å². The van der Waals surface area contributed by atoms with Gasteiger partial charge in [0.05, 0.1) is 6.54 Å². The van der Waals surface area contributed by atoms with Crippen LogP contribution in [0.15, 0.2) is 4.52 Å². The van der Waals surface area contributed by atoms with Crippen molar-refractivity contribution in [3.63, 3.8) is 0 Å². The minimum atomic E-state index is -0.939. The first-order chi connectivity index (χ1) is 12.3. The molecule has 2 saturated heterocycles. The van der Waals surface area contributed by atoms with E-state index in [1.165, 1.54) is 0 Å². The van der Waals surface area contributed by atoms with Crippen LogP contribution in [0, 0.1) is 5.41 Å². The molecule has 2 aliphatic heterocycles. The quantitative estimate of drug-likeness (QED) is 0.851. The number of amides is 1. The van der Waals surface area contributed by atoms with E-state index in [9.17, 15) is 14.7 Å². The number of rotatable bonds is 5. The average molecular weight is 364 g/mol. The van der Waals surface area contributed by atoms with Crippen molar-refractivity contribution in [1.29, 1.82) is 0 Å². The van der Waals surface area contributed by atoms with Gasteiger partial charge in [0.15, 0.2) is 5.82 Å². The monoisotopic (exact) mass is 364 g/mol. The zero-order valence-electron chi connectivity index (χ0n) is 15.8. The molecule has 3 rings (SSSR count). The fraction of sp³-hybridized carbons (Fsp3) is 0.778. The molecule has 0 radical (unpaired) electrons. The Hall–Kier alpha value is -1.96. The van der Waals surface area contributed by atoms with Crippen LogP contribution in [-0.2, 0) is 16.1 Å². The first-order valence-electron chi connectivity index (χ1n) is 9.37. The summed E-state index contributed by atoms with van der Waals surface area (Å²) in [7, 11) is 0. The molecule has 1 spiro atoms. The second-order valence-electron chi connectivity index (χ2n) is 8.02. The highest BCUT2D eigenvalue weighted by Gasteiger charge is 2.43. The Balaban J connectivity index is 1.58. The third-order valence-corrected chi connectivity index (χ3v) is 5.78. The summed E-state index contributed by atoms with van der Waals surface area (Å²) in [6, 6.07) is -0.758.